The number of hydrogen-bond acceptors (Lipinski definition) is 3. The number of nitrogens with one attached hydrogen (secondary N) is 2. The highest BCUT2D eigenvalue weighted by Crippen LogP contribution is 2.14. The van der Waals surface area contributed by atoms with Gasteiger partial charge in [-0.25, -0.2) is 4.98 Å². The van der Waals surface area contributed by atoms with Crippen LogP contribution in [-0.4, -0.2) is 21.1 Å². The number of H-pyrrole nitrogens is 1. The van der Waals surface area contributed by atoms with E-state index in [1.54, 1.807) is 30.7 Å². The quantitative estimate of drug-likeness (QED) is 0.818. The smallest absolute Gasteiger partial charge is 0.254 e. The summed E-state index contributed by atoms with van der Waals surface area (Å²) < 4.78 is 0. The highest BCUT2D eigenvalue weighted by Gasteiger charge is 2.14. The van der Waals surface area contributed by atoms with Crippen molar-refractivity contribution < 1.29 is 4.79 Å². The molecular formula is C11H11ClN4O. The molecule has 2 heterocycles. The van der Waals surface area contributed by atoms with Crippen molar-refractivity contribution >= 4 is 17.5 Å². The van der Waals surface area contributed by atoms with Gasteiger partial charge < -0.3 is 5.32 Å². The molecule has 0 spiro atoms. The van der Waals surface area contributed by atoms with Gasteiger partial charge in [-0.3, -0.25) is 9.89 Å². The number of carbonyl (C=O) groups excluding carboxylic acids is 1. The molecule has 2 aromatic heterocycles. The van der Waals surface area contributed by atoms with Crippen LogP contribution in [-0.2, 0) is 0 Å². The Labute approximate surface area is 103 Å². The lowest BCUT2D eigenvalue weighted by atomic mass is 10.2. The Kier molecular flexibility index (Phi) is 3.39. The summed E-state index contributed by atoms with van der Waals surface area (Å²) in [5.41, 5.74) is 1.27. The third-order valence-electron chi connectivity index (χ3n) is 2.37. The van der Waals surface area contributed by atoms with Crippen LogP contribution in [0.3, 0.4) is 0 Å². The molecule has 0 aliphatic heterocycles. The maximum Gasteiger partial charge on any atom is 0.254 e. The molecule has 1 amide bonds. The average molecular weight is 251 g/mol. The molecule has 0 fully saturated rings. The van der Waals surface area contributed by atoms with Crippen LogP contribution in [0.15, 0.2) is 30.7 Å². The number of amides is 1. The van der Waals surface area contributed by atoms with Crippen molar-refractivity contribution in [3.05, 3.63) is 47.0 Å². The first-order chi connectivity index (χ1) is 8.18. The highest BCUT2D eigenvalue weighted by molar-refractivity contribution is 6.32. The summed E-state index contributed by atoms with van der Waals surface area (Å²) >= 11 is 5.84. The van der Waals surface area contributed by atoms with E-state index in [1.807, 2.05) is 6.92 Å². The number of hydrogen-bond donors (Lipinski definition) is 2. The molecule has 6 heteroatoms. The zero-order valence-electron chi connectivity index (χ0n) is 9.14. The lowest BCUT2D eigenvalue weighted by Gasteiger charge is -2.12. The average Bonchev–Trinajstić information content (AvgIpc) is 2.82. The van der Waals surface area contributed by atoms with E-state index in [-0.39, 0.29) is 17.1 Å². The van der Waals surface area contributed by atoms with Crippen molar-refractivity contribution in [3.8, 4) is 0 Å². The van der Waals surface area contributed by atoms with Crippen LogP contribution < -0.4 is 5.32 Å². The van der Waals surface area contributed by atoms with E-state index in [1.165, 1.54) is 0 Å². The topological polar surface area (TPSA) is 70.7 Å². The lowest BCUT2D eigenvalue weighted by Crippen LogP contribution is -2.26. The molecule has 1 atom stereocenters. The van der Waals surface area contributed by atoms with Gasteiger partial charge in [-0.2, -0.15) is 5.10 Å². The molecule has 0 aliphatic carbocycles. The fourth-order valence-corrected chi connectivity index (χ4v) is 1.62. The Balaban J connectivity index is 2.10. The number of nitrogens with zero attached hydrogens (tertiary/aromatic N) is 2. The summed E-state index contributed by atoms with van der Waals surface area (Å²) in [5.74, 6) is -0.253. The van der Waals surface area contributed by atoms with Gasteiger partial charge in [0.1, 0.15) is 5.15 Å². The van der Waals surface area contributed by atoms with Crippen LogP contribution >= 0.6 is 11.6 Å². The van der Waals surface area contributed by atoms with Gasteiger partial charge in [-0.05, 0) is 19.1 Å². The SMILES string of the molecule is CC(NC(=O)c1cccnc1Cl)c1cn[nH]c1. The van der Waals surface area contributed by atoms with E-state index in [0.717, 1.165) is 5.56 Å². The number of carbonyl (C=O) groups is 1. The van der Waals surface area contributed by atoms with Crippen LogP contribution in [0.5, 0.6) is 0 Å². The maximum atomic E-state index is 11.9. The Hall–Kier alpha value is -1.88. The summed E-state index contributed by atoms with van der Waals surface area (Å²) in [6.45, 7) is 1.87. The minimum Gasteiger partial charge on any atom is -0.345 e. The summed E-state index contributed by atoms with van der Waals surface area (Å²) in [4.78, 5) is 15.8. The van der Waals surface area contributed by atoms with Crippen LogP contribution in [0.25, 0.3) is 0 Å². The number of rotatable bonds is 3. The first kappa shape index (κ1) is 11.6. The molecule has 88 valence electrons. The molecule has 0 aliphatic rings. The van der Waals surface area contributed by atoms with Crippen molar-refractivity contribution in [2.24, 2.45) is 0 Å². The predicted molar refractivity (Wildman–Crippen MR) is 63.7 cm³/mol. The van der Waals surface area contributed by atoms with E-state index in [0.29, 0.717) is 5.56 Å². The molecular weight excluding hydrogens is 240 g/mol. The standard InChI is InChI=1S/C11H11ClN4O/c1-7(8-5-14-15-6-8)16-11(17)9-3-2-4-13-10(9)12/h2-7H,1H3,(H,14,15)(H,16,17). The van der Waals surface area contributed by atoms with E-state index in [2.05, 4.69) is 20.5 Å². The van der Waals surface area contributed by atoms with Gasteiger partial charge in [0, 0.05) is 18.0 Å². The molecule has 0 bridgehead atoms. The van der Waals surface area contributed by atoms with E-state index in [9.17, 15) is 4.79 Å². The fourth-order valence-electron chi connectivity index (χ4n) is 1.41. The van der Waals surface area contributed by atoms with Crippen LogP contribution in [0.4, 0.5) is 0 Å². The Bertz CT molecular complexity index is 512. The minimum absolute atomic E-state index is 0.141. The van der Waals surface area contributed by atoms with Crippen LogP contribution in [0, 0.1) is 0 Å². The minimum atomic E-state index is -0.253. The lowest BCUT2D eigenvalue weighted by molar-refractivity contribution is 0.0939. The summed E-state index contributed by atoms with van der Waals surface area (Å²) in [6, 6.07) is 3.16. The fraction of sp³-hybridized carbons (Fsp3) is 0.182. The third-order valence-corrected chi connectivity index (χ3v) is 2.67. The highest BCUT2D eigenvalue weighted by atomic mass is 35.5. The molecule has 0 radical (unpaired) electrons. The molecule has 17 heavy (non-hydrogen) atoms. The predicted octanol–water partition coefficient (Wildman–Crippen LogP) is 1.95. The van der Waals surface area contributed by atoms with Crippen molar-refractivity contribution in [1.29, 1.82) is 0 Å². The monoisotopic (exact) mass is 250 g/mol. The Morgan fingerprint density at radius 2 is 2.41 bits per heavy atom. The second-order valence-electron chi connectivity index (χ2n) is 3.57. The van der Waals surface area contributed by atoms with Gasteiger partial charge in [-0.1, -0.05) is 11.6 Å². The second kappa shape index (κ2) is 4.97. The van der Waals surface area contributed by atoms with E-state index < -0.39 is 0 Å². The summed E-state index contributed by atoms with van der Waals surface area (Å²) in [7, 11) is 0. The first-order valence-corrected chi connectivity index (χ1v) is 5.46. The number of aromatic amines is 1. The molecule has 0 saturated heterocycles. The number of pyridine rings is 1. The summed E-state index contributed by atoms with van der Waals surface area (Å²) in [5, 5.41) is 9.54. The molecule has 0 saturated carbocycles. The molecule has 5 nitrogen and oxygen atoms in total. The zero-order valence-corrected chi connectivity index (χ0v) is 9.90. The van der Waals surface area contributed by atoms with Crippen molar-refractivity contribution in [1.82, 2.24) is 20.5 Å². The third kappa shape index (κ3) is 2.62. The van der Waals surface area contributed by atoms with E-state index >= 15 is 0 Å². The molecule has 2 aromatic rings. The van der Waals surface area contributed by atoms with Crippen LogP contribution in [0.1, 0.15) is 28.9 Å². The summed E-state index contributed by atoms with van der Waals surface area (Å²) in [6.07, 6.45) is 4.93. The number of aromatic nitrogens is 3. The Morgan fingerprint density at radius 1 is 1.59 bits per heavy atom. The van der Waals surface area contributed by atoms with Gasteiger partial charge in [0.15, 0.2) is 0 Å². The maximum absolute atomic E-state index is 11.9. The van der Waals surface area contributed by atoms with Crippen molar-refractivity contribution in [2.45, 2.75) is 13.0 Å². The van der Waals surface area contributed by atoms with Crippen LogP contribution in [0.2, 0.25) is 5.15 Å². The second-order valence-corrected chi connectivity index (χ2v) is 3.93. The zero-order chi connectivity index (χ0) is 12.3. The molecule has 2 N–H and O–H groups in total. The van der Waals surface area contributed by atoms with Crippen molar-refractivity contribution in [3.63, 3.8) is 0 Å². The Morgan fingerprint density at radius 3 is 3.06 bits per heavy atom. The normalized spacial score (nSPS) is 12.1. The first-order valence-electron chi connectivity index (χ1n) is 5.08. The van der Waals surface area contributed by atoms with E-state index in [4.69, 9.17) is 11.6 Å². The molecule has 1 unspecified atom stereocenters. The largest absolute Gasteiger partial charge is 0.345 e. The molecule has 0 aromatic carbocycles. The van der Waals surface area contributed by atoms with Gasteiger partial charge in [-0.15, -0.1) is 0 Å². The van der Waals surface area contributed by atoms with Gasteiger partial charge in [0.05, 0.1) is 17.8 Å². The molecule has 2 rings (SSSR count). The van der Waals surface area contributed by atoms with Gasteiger partial charge >= 0.3 is 0 Å². The van der Waals surface area contributed by atoms with Crippen molar-refractivity contribution in [2.75, 3.05) is 0 Å². The number of halogens is 1. The van der Waals surface area contributed by atoms with Gasteiger partial charge in [0.25, 0.3) is 5.91 Å². The van der Waals surface area contributed by atoms with Gasteiger partial charge in [0.2, 0.25) is 0 Å².